The van der Waals surface area contributed by atoms with E-state index < -0.39 is 0 Å². The van der Waals surface area contributed by atoms with Gasteiger partial charge in [-0.1, -0.05) is 52.9 Å². The minimum Gasteiger partial charge on any atom is -0.375 e. The monoisotopic (exact) mass is 284 g/mol. The van der Waals surface area contributed by atoms with Gasteiger partial charge in [-0.05, 0) is 30.1 Å². The Kier molecular flexibility index (Phi) is 6.79. The number of ether oxygens (including phenoxy) is 1. The van der Waals surface area contributed by atoms with Crippen LogP contribution in [0.1, 0.15) is 59.3 Å². The molecule has 4 atom stereocenters. The van der Waals surface area contributed by atoms with Crippen LogP contribution in [0, 0.1) is 23.7 Å². The molecule has 1 saturated heterocycles. The molecule has 4 unspecified atom stereocenters. The van der Waals surface area contributed by atoms with Gasteiger partial charge in [-0.25, -0.2) is 9.78 Å². The normalized spacial score (nSPS) is 35.0. The Bertz CT molecular complexity index is 265. The zero-order valence-corrected chi connectivity index (χ0v) is 13.5. The molecular weight excluding hydrogens is 252 g/mol. The molecule has 0 aromatic rings. The van der Waals surface area contributed by atoms with E-state index in [1.165, 1.54) is 25.7 Å². The van der Waals surface area contributed by atoms with Gasteiger partial charge in [0.05, 0.1) is 19.3 Å². The number of hydrogen-bond donors (Lipinski definition) is 0. The van der Waals surface area contributed by atoms with Crippen LogP contribution < -0.4 is 0 Å². The lowest BCUT2D eigenvalue weighted by Gasteiger charge is -2.47. The quantitative estimate of drug-likeness (QED) is 0.379. The largest absolute Gasteiger partial charge is 0.375 e. The van der Waals surface area contributed by atoms with Crippen LogP contribution in [0.4, 0.5) is 0 Å². The van der Waals surface area contributed by atoms with E-state index in [2.05, 4.69) is 20.8 Å². The summed E-state index contributed by atoms with van der Waals surface area (Å²) in [7, 11) is 0. The first-order valence-corrected chi connectivity index (χ1v) is 8.63. The van der Waals surface area contributed by atoms with Crippen LogP contribution in [-0.2, 0) is 14.5 Å². The Hall–Kier alpha value is -0.120. The van der Waals surface area contributed by atoms with Gasteiger partial charge in [0.1, 0.15) is 6.61 Å². The highest BCUT2D eigenvalue weighted by Crippen LogP contribution is 2.46. The Labute approximate surface area is 124 Å². The summed E-state index contributed by atoms with van der Waals surface area (Å²) in [6.45, 7) is 9.00. The minimum atomic E-state index is 0.213. The highest BCUT2D eigenvalue weighted by atomic mass is 17.2. The summed E-state index contributed by atoms with van der Waals surface area (Å²) in [6.07, 6.45) is 7.92. The van der Waals surface area contributed by atoms with E-state index in [-0.39, 0.29) is 6.10 Å². The summed E-state index contributed by atoms with van der Waals surface area (Å²) < 4.78 is 6.04. The van der Waals surface area contributed by atoms with Crippen molar-refractivity contribution in [2.24, 2.45) is 23.7 Å². The van der Waals surface area contributed by atoms with Crippen molar-refractivity contribution in [3.63, 3.8) is 0 Å². The Balaban J connectivity index is 1.78. The smallest absolute Gasteiger partial charge is 0.109 e. The lowest BCUT2D eigenvalue weighted by molar-refractivity contribution is -0.316. The molecule has 0 N–H and O–H groups in total. The summed E-state index contributed by atoms with van der Waals surface area (Å²) in [5, 5.41) is 0. The zero-order chi connectivity index (χ0) is 14.4. The second-order valence-electron chi connectivity index (χ2n) is 6.63. The maximum atomic E-state index is 6.04. The SMILES string of the molecule is CCCCOOCC1OCC(CC)C(C2CCC2)C1C. The molecule has 0 radical (unpaired) electrons. The van der Waals surface area contributed by atoms with Crippen LogP contribution in [0.15, 0.2) is 0 Å². The molecule has 0 bridgehead atoms. The molecular formula is C17H32O3. The van der Waals surface area contributed by atoms with Gasteiger partial charge in [0, 0.05) is 0 Å². The number of unbranched alkanes of at least 4 members (excludes halogenated alkanes) is 1. The van der Waals surface area contributed by atoms with E-state index in [9.17, 15) is 0 Å². The van der Waals surface area contributed by atoms with Crippen LogP contribution in [-0.4, -0.2) is 25.9 Å². The Morgan fingerprint density at radius 3 is 2.55 bits per heavy atom. The van der Waals surface area contributed by atoms with Crippen LogP contribution in [0.5, 0.6) is 0 Å². The highest BCUT2D eigenvalue weighted by molar-refractivity contribution is 4.90. The number of hydrogen-bond acceptors (Lipinski definition) is 3. The van der Waals surface area contributed by atoms with E-state index in [1.807, 2.05) is 0 Å². The molecule has 2 fully saturated rings. The van der Waals surface area contributed by atoms with E-state index in [1.54, 1.807) is 0 Å². The van der Waals surface area contributed by atoms with Gasteiger partial charge in [-0.15, -0.1) is 0 Å². The van der Waals surface area contributed by atoms with Crippen molar-refractivity contribution < 1.29 is 14.5 Å². The standard InChI is InChI=1S/C17H32O3/c1-4-6-10-19-20-12-16-13(3)17(15-8-7-9-15)14(5-2)11-18-16/h13-17H,4-12H2,1-3H3. The Morgan fingerprint density at radius 2 is 1.95 bits per heavy atom. The first-order valence-electron chi connectivity index (χ1n) is 8.63. The van der Waals surface area contributed by atoms with E-state index >= 15 is 0 Å². The first-order chi connectivity index (χ1) is 9.77. The van der Waals surface area contributed by atoms with Gasteiger partial charge in [0.15, 0.2) is 0 Å². The summed E-state index contributed by atoms with van der Waals surface area (Å²) in [5.41, 5.74) is 0. The third-order valence-corrected chi connectivity index (χ3v) is 5.38. The molecule has 0 aromatic carbocycles. The number of rotatable bonds is 8. The van der Waals surface area contributed by atoms with Crippen LogP contribution in [0.2, 0.25) is 0 Å². The van der Waals surface area contributed by atoms with Gasteiger partial charge >= 0.3 is 0 Å². The zero-order valence-electron chi connectivity index (χ0n) is 13.5. The maximum Gasteiger partial charge on any atom is 0.109 e. The first kappa shape index (κ1) is 16.3. The molecule has 1 aliphatic heterocycles. The lowest BCUT2D eigenvalue weighted by Crippen LogP contribution is -2.47. The molecule has 2 aliphatic rings. The predicted molar refractivity (Wildman–Crippen MR) is 80.3 cm³/mol. The van der Waals surface area contributed by atoms with Gasteiger partial charge in [-0.3, -0.25) is 0 Å². The van der Waals surface area contributed by atoms with Crippen molar-refractivity contribution >= 4 is 0 Å². The van der Waals surface area contributed by atoms with E-state index in [0.717, 1.165) is 37.2 Å². The molecule has 3 nitrogen and oxygen atoms in total. The Morgan fingerprint density at radius 1 is 1.15 bits per heavy atom. The lowest BCUT2D eigenvalue weighted by atomic mass is 9.63. The van der Waals surface area contributed by atoms with Crippen molar-refractivity contribution in [2.75, 3.05) is 19.8 Å². The third-order valence-electron chi connectivity index (χ3n) is 5.38. The maximum absolute atomic E-state index is 6.04. The molecule has 118 valence electrons. The second kappa shape index (κ2) is 8.35. The predicted octanol–water partition coefficient (Wildman–Crippen LogP) is 4.21. The molecule has 0 aromatic heterocycles. The van der Waals surface area contributed by atoms with Crippen LogP contribution >= 0.6 is 0 Å². The molecule has 3 heteroatoms. The summed E-state index contributed by atoms with van der Waals surface area (Å²) in [6, 6.07) is 0. The van der Waals surface area contributed by atoms with Crippen molar-refractivity contribution in [3.05, 3.63) is 0 Å². The fraction of sp³-hybridized carbons (Fsp3) is 1.00. The molecule has 1 heterocycles. The van der Waals surface area contributed by atoms with E-state index in [4.69, 9.17) is 14.5 Å². The molecule has 1 saturated carbocycles. The highest BCUT2D eigenvalue weighted by Gasteiger charge is 2.42. The van der Waals surface area contributed by atoms with Gasteiger partial charge in [-0.2, -0.15) is 0 Å². The van der Waals surface area contributed by atoms with Crippen LogP contribution in [0.3, 0.4) is 0 Å². The minimum absolute atomic E-state index is 0.213. The molecule has 1 aliphatic carbocycles. The molecule has 0 spiro atoms. The van der Waals surface area contributed by atoms with Crippen molar-refractivity contribution in [1.29, 1.82) is 0 Å². The van der Waals surface area contributed by atoms with Crippen molar-refractivity contribution in [3.8, 4) is 0 Å². The average molecular weight is 284 g/mol. The molecule has 0 amide bonds. The fourth-order valence-electron chi connectivity index (χ4n) is 3.79. The summed E-state index contributed by atoms with van der Waals surface area (Å²) in [4.78, 5) is 10.6. The topological polar surface area (TPSA) is 27.7 Å². The van der Waals surface area contributed by atoms with Gasteiger partial charge in [0.2, 0.25) is 0 Å². The molecule has 20 heavy (non-hydrogen) atoms. The van der Waals surface area contributed by atoms with Gasteiger partial charge < -0.3 is 4.74 Å². The average Bonchev–Trinajstić information content (AvgIpc) is 2.40. The fourth-order valence-corrected chi connectivity index (χ4v) is 3.79. The second-order valence-corrected chi connectivity index (χ2v) is 6.63. The van der Waals surface area contributed by atoms with Crippen molar-refractivity contribution in [2.45, 2.75) is 65.4 Å². The molecule has 2 rings (SSSR count). The summed E-state index contributed by atoms with van der Waals surface area (Å²) >= 11 is 0. The van der Waals surface area contributed by atoms with Crippen molar-refractivity contribution in [1.82, 2.24) is 0 Å². The van der Waals surface area contributed by atoms with E-state index in [0.29, 0.717) is 19.1 Å². The summed E-state index contributed by atoms with van der Waals surface area (Å²) in [5.74, 6) is 3.09. The third kappa shape index (κ3) is 3.96. The van der Waals surface area contributed by atoms with Gasteiger partial charge in [0.25, 0.3) is 0 Å². The van der Waals surface area contributed by atoms with Crippen LogP contribution in [0.25, 0.3) is 0 Å².